The van der Waals surface area contributed by atoms with E-state index < -0.39 is 0 Å². The van der Waals surface area contributed by atoms with E-state index in [0.29, 0.717) is 5.82 Å². The molecular weight excluding hydrogens is 719 g/mol. The van der Waals surface area contributed by atoms with Gasteiger partial charge in [-0.05, 0) is 57.6 Å². The largest absolute Gasteiger partial charge is 0.454 e. The van der Waals surface area contributed by atoms with E-state index in [-0.39, 0.29) is 0 Å². The normalized spacial score (nSPS) is 11.4. The lowest BCUT2D eigenvalue weighted by Gasteiger charge is -2.12. The first-order valence-corrected chi connectivity index (χ1v) is 19.8. The second-order valence-corrected chi connectivity index (χ2v) is 14.8. The van der Waals surface area contributed by atoms with Gasteiger partial charge in [0.1, 0.15) is 11.3 Å². The van der Waals surface area contributed by atoms with Crippen LogP contribution in [0, 0.1) is 0 Å². The fraction of sp³-hybridized carbons (Fsp3) is 0. The molecule has 0 aliphatic rings. The number of hydrogen-bond donors (Lipinski definition) is 0. The summed E-state index contributed by atoms with van der Waals surface area (Å²) in [5.41, 5.74) is 15.9. The third-order valence-electron chi connectivity index (χ3n) is 11.1. The van der Waals surface area contributed by atoms with Crippen LogP contribution in [0.5, 0.6) is 0 Å². The van der Waals surface area contributed by atoms with E-state index in [4.69, 9.17) is 19.4 Å². The van der Waals surface area contributed by atoms with Crippen LogP contribution in [0.25, 0.3) is 111 Å². The highest BCUT2D eigenvalue weighted by Crippen LogP contribution is 2.41. The average molecular weight is 754 g/mol. The molecule has 276 valence electrons. The first kappa shape index (κ1) is 34.3. The van der Waals surface area contributed by atoms with Crippen LogP contribution in [-0.4, -0.2) is 15.0 Å². The van der Waals surface area contributed by atoms with Crippen LogP contribution in [0.2, 0.25) is 0 Å². The van der Waals surface area contributed by atoms with E-state index in [2.05, 4.69) is 182 Å². The Bertz CT molecular complexity index is 3170. The van der Waals surface area contributed by atoms with Crippen molar-refractivity contribution in [2.75, 3.05) is 0 Å². The van der Waals surface area contributed by atoms with Gasteiger partial charge >= 0.3 is 0 Å². The van der Waals surface area contributed by atoms with E-state index in [1.807, 2.05) is 30.3 Å². The predicted octanol–water partition coefficient (Wildman–Crippen LogP) is 14.6. The number of para-hydroxylation sites is 1. The molecule has 0 N–H and O–H groups in total. The smallest absolute Gasteiger partial charge is 0.162 e. The molecule has 0 bridgehead atoms. The van der Waals surface area contributed by atoms with Crippen LogP contribution in [-0.2, 0) is 0 Å². The maximum atomic E-state index is 6.62. The van der Waals surface area contributed by atoms with Crippen molar-refractivity contribution >= 4 is 32.8 Å². The van der Waals surface area contributed by atoms with Gasteiger partial charge in [-0.25, -0.2) is 15.0 Å². The quantitative estimate of drug-likeness (QED) is 0.163. The number of pyridine rings is 1. The van der Waals surface area contributed by atoms with Crippen LogP contribution in [0.3, 0.4) is 0 Å². The second kappa shape index (κ2) is 14.5. The number of aromatic nitrogens is 3. The molecule has 0 saturated carbocycles. The van der Waals surface area contributed by atoms with Gasteiger partial charge < -0.3 is 4.42 Å². The van der Waals surface area contributed by atoms with Crippen LogP contribution >= 0.6 is 0 Å². The second-order valence-electron chi connectivity index (χ2n) is 14.8. The van der Waals surface area contributed by atoms with Gasteiger partial charge in [0.15, 0.2) is 11.4 Å². The topological polar surface area (TPSA) is 51.8 Å². The molecular formula is C55H35N3O. The van der Waals surface area contributed by atoms with Crippen LogP contribution in [0.4, 0.5) is 0 Å². The van der Waals surface area contributed by atoms with E-state index in [0.717, 1.165) is 94.4 Å². The Morgan fingerprint density at radius 3 is 1.32 bits per heavy atom. The van der Waals surface area contributed by atoms with Gasteiger partial charge in [0, 0.05) is 38.4 Å². The standard InChI is InChI=1S/C55H35N3O/c1-4-12-36(13-5-1)39-20-24-41(25-21-39)49-35-50(42-26-22-40(23-27-42)37-14-6-2-7-15-37)58-55(57-49)44-30-28-43(29-31-44)53-54-52(46-18-10-11-19-51(46)59-54)47-34-45(32-33-48(47)56-53)38-16-8-3-9-17-38/h1-35H. The Balaban J connectivity index is 1.01. The van der Waals surface area contributed by atoms with Crippen molar-refractivity contribution in [3.63, 3.8) is 0 Å². The highest BCUT2D eigenvalue weighted by atomic mass is 16.3. The van der Waals surface area contributed by atoms with Crippen LogP contribution < -0.4 is 0 Å². The summed E-state index contributed by atoms with van der Waals surface area (Å²) >= 11 is 0. The van der Waals surface area contributed by atoms with Gasteiger partial charge in [-0.15, -0.1) is 0 Å². The van der Waals surface area contributed by atoms with Crippen LogP contribution in [0.15, 0.2) is 217 Å². The zero-order chi connectivity index (χ0) is 39.1. The molecule has 59 heavy (non-hydrogen) atoms. The lowest BCUT2D eigenvalue weighted by Crippen LogP contribution is -1.96. The molecule has 11 aromatic rings. The third kappa shape index (κ3) is 6.43. The first-order chi connectivity index (χ1) is 29.2. The molecule has 3 aromatic heterocycles. The summed E-state index contributed by atoms with van der Waals surface area (Å²) < 4.78 is 6.62. The Kier molecular flexibility index (Phi) is 8.45. The molecule has 3 heterocycles. The van der Waals surface area contributed by atoms with E-state index in [1.165, 1.54) is 11.1 Å². The molecule has 0 aliphatic heterocycles. The molecule has 0 unspecified atom stereocenters. The van der Waals surface area contributed by atoms with Gasteiger partial charge in [-0.2, -0.15) is 0 Å². The van der Waals surface area contributed by atoms with Crippen molar-refractivity contribution in [1.29, 1.82) is 0 Å². The summed E-state index contributed by atoms with van der Waals surface area (Å²) in [6.45, 7) is 0. The zero-order valence-electron chi connectivity index (χ0n) is 32.0. The Labute approximate surface area is 341 Å². The van der Waals surface area contributed by atoms with Gasteiger partial charge in [-0.3, -0.25) is 0 Å². The SMILES string of the molecule is c1ccc(-c2ccc(-c3cc(-c4ccc(-c5ccccc5)cc4)nc(-c4ccc(-c5nc6ccc(-c7ccccc7)cc6c6c5oc5ccccc56)cc4)n3)cc2)cc1. The maximum Gasteiger partial charge on any atom is 0.162 e. The highest BCUT2D eigenvalue weighted by Gasteiger charge is 2.19. The third-order valence-corrected chi connectivity index (χ3v) is 11.1. The van der Waals surface area contributed by atoms with Gasteiger partial charge in [0.2, 0.25) is 0 Å². The summed E-state index contributed by atoms with van der Waals surface area (Å²) in [6.07, 6.45) is 0. The Morgan fingerprint density at radius 1 is 0.305 bits per heavy atom. The van der Waals surface area contributed by atoms with E-state index in [1.54, 1.807) is 0 Å². The first-order valence-electron chi connectivity index (χ1n) is 19.8. The van der Waals surface area contributed by atoms with Crippen molar-refractivity contribution in [3.05, 3.63) is 212 Å². The van der Waals surface area contributed by atoms with E-state index >= 15 is 0 Å². The molecule has 4 heteroatoms. The van der Waals surface area contributed by atoms with Crippen molar-refractivity contribution in [2.24, 2.45) is 0 Å². The van der Waals surface area contributed by atoms with Crippen molar-refractivity contribution in [3.8, 4) is 78.5 Å². The average Bonchev–Trinajstić information content (AvgIpc) is 3.72. The molecule has 0 spiro atoms. The van der Waals surface area contributed by atoms with Crippen molar-refractivity contribution in [2.45, 2.75) is 0 Å². The minimum absolute atomic E-state index is 0.650. The minimum Gasteiger partial charge on any atom is -0.454 e. The molecule has 0 fully saturated rings. The molecule has 8 aromatic carbocycles. The fourth-order valence-electron chi connectivity index (χ4n) is 8.07. The number of rotatable bonds is 7. The fourth-order valence-corrected chi connectivity index (χ4v) is 8.07. The summed E-state index contributed by atoms with van der Waals surface area (Å²) in [4.78, 5) is 15.6. The summed E-state index contributed by atoms with van der Waals surface area (Å²) in [6, 6.07) is 73.8. The summed E-state index contributed by atoms with van der Waals surface area (Å²) in [7, 11) is 0. The maximum absolute atomic E-state index is 6.62. The number of nitrogens with zero attached hydrogens (tertiary/aromatic N) is 3. The Morgan fingerprint density at radius 2 is 0.746 bits per heavy atom. The minimum atomic E-state index is 0.650. The number of fused-ring (bicyclic) bond motifs is 5. The molecule has 0 radical (unpaired) electrons. The molecule has 0 atom stereocenters. The summed E-state index contributed by atoms with van der Waals surface area (Å²) in [5, 5.41) is 3.21. The predicted molar refractivity (Wildman–Crippen MR) is 243 cm³/mol. The zero-order valence-corrected chi connectivity index (χ0v) is 32.0. The lowest BCUT2D eigenvalue weighted by atomic mass is 9.98. The molecule has 0 amide bonds. The number of benzene rings is 8. The Hall–Kier alpha value is -7.95. The highest BCUT2D eigenvalue weighted by molar-refractivity contribution is 6.21. The van der Waals surface area contributed by atoms with E-state index in [9.17, 15) is 0 Å². The molecule has 11 rings (SSSR count). The van der Waals surface area contributed by atoms with Gasteiger partial charge in [0.05, 0.1) is 16.9 Å². The van der Waals surface area contributed by atoms with Crippen molar-refractivity contribution in [1.82, 2.24) is 15.0 Å². The molecule has 0 aliphatic carbocycles. The molecule has 0 saturated heterocycles. The monoisotopic (exact) mass is 753 g/mol. The van der Waals surface area contributed by atoms with Crippen molar-refractivity contribution < 1.29 is 4.42 Å². The van der Waals surface area contributed by atoms with Gasteiger partial charge in [0.25, 0.3) is 0 Å². The lowest BCUT2D eigenvalue weighted by molar-refractivity contribution is 0.669. The van der Waals surface area contributed by atoms with Gasteiger partial charge in [-0.1, -0.05) is 188 Å². The summed E-state index contributed by atoms with van der Waals surface area (Å²) in [5.74, 6) is 0.650. The number of hydrogen-bond acceptors (Lipinski definition) is 4. The number of furan rings is 1. The molecule has 4 nitrogen and oxygen atoms in total. The van der Waals surface area contributed by atoms with Crippen LogP contribution in [0.1, 0.15) is 0 Å².